The Bertz CT molecular complexity index is 653. The summed E-state index contributed by atoms with van der Waals surface area (Å²) in [5, 5.41) is 4.11. The van der Waals surface area contributed by atoms with E-state index in [-0.39, 0.29) is 0 Å². The van der Waals surface area contributed by atoms with Gasteiger partial charge in [0, 0.05) is 17.2 Å². The highest BCUT2D eigenvalue weighted by Crippen LogP contribution is 2.28. The Kier molecular flexibility index (Phi) is 3.60. The number of aromatic nitrogens is 1. The van der Waals surface area contributed by atoms with Crippen LogP contribution in [0.2, 0.25) is 0 Å². The van der Waals surface area contributed by atoms with E-state index in [4.69, 9.17) is 14.0 Å². The third-order valence-electron chi connectivity index (χ3n) is 3.27. The van der Waals surface area contributed by atoms with Crippen molar-refractivity contribution in [1.82, 2.24) is 5.16 Å². The molecule has 106 valence electrons. The largest absolute Gasteiger partial charge is 0.497 e. The molecule has 1 aromatic heterocycles. The van der Waals surface area contributed by atoms with Gasteiger partial charge in [0.2, 0.25) is 0 Å². The lowest BCUT2D eigenvalue weighted by Crippen LogP contribution is -1.82. The quantitative estimate of drug-likeness (QED) is 0.724. The van der Waals surface area contributed by atoms with Crippen LogP contribution in [0.5, 0.6) is 11.5 Å². The van der Waals surface area contributed by atoms with Gasteiger partial charge in [0.1, 0.15) is 17.2 Å². The zero-order chi connectivity index (χ0) is 14.7. The zero-order valence-electron chi connectivity index (χ0n) is 11.9. The average molecular weight is 281 g/mol. The second kappa shape index (κ2) is 5.71. The molecule has 0 amide bonds. The van der Waals surface area contributed by atoms with Gasteiger partial charge >= 0.3 is 0 Å². The predicted molar refractivity (Wildman–Crippen MR) is 80.5 cm³/mol. The number of hydrogen-bond acceptors (Lipinski definition) is 4. The molecule has 3 rings (SSSR count). The van der Waals surface area contributed by atoms with Crippen LogP contribution in [0.4, 0.5) is 0 Å². The molecule has 21 heavy (non-hydrogen) atoms. The molecule has 4 nitrogen and oxygen atoms in total. The molecule has 0 spiro atoms. The van der Waals surface area contributed by atoms with E-state index in [1.54, 1.807) is 14.2 Å². The third-order valence-corrected chi connectivity index (χ3v) is 3.27. The summed E-state index contributed by atoms with van der Waals surface area (Å²) in [7, 11) is 3.29. The zero-order valence-corrected chi connectivity index (χ0v) is 11.9. The first-order chi connectivity index (χ1) is 10.3. The van der Waals surface area contributed by atoms with Crippen LogP contribution >= 0.6 is 0 Å². The first kappa shape index (κ1) is 13.2. The lowest BCUT2D eigenvalue weighted by molar-refractivity contribution is 0.414. The standard InChI is InChI=1S/C17H15NO3/c1-19-14-7-3-12(4-8-14)16-11-17(21-18-16)13-5-9-15(20-2)10-6-13/h3-11H,1-2H3. The van der Waals surface area contributed by atoms with Crippen molar-refractivity contribution in [1.29, 1.82) is 0 Å². The highest BCUT2D eigenvalue weighted by Gasteiger charge is 2.08. The minimum atomic E-state index is 0.725. The lowest BCUT2D eigenvalue weighted by Gasteiger charge is -2.00. The molecule has 0 bridgehead atoms. The number of rotatable bonds is 4. The maximum atomic E-state index is 5.41. The van der Waals surface area contributed by atoms with Crippen molar-refractivity contribution in [2.24, 2.45) is 0 Å². The van der Waals surface area contributed by atoms with Crippen LogP contribution < -0.4 is 9.47 Å². The fraction of sp³-hybridized carbons (Fsp3) is 0.118. The van der Waals surface area contributed by atoms with E-state index in [9.17, 15) is 0 Å². The Morgan fingerprint density at radius 1 is 0.762 bits per heavy atom. The van der Waals surface area contributed by atoms with E-state index in [0.717, 1.165) is 34.1 Å². The Morgan fingerprint density at radius 2 is 1.29 bits per heavy atom. The fourth-order valence-corrected chi connectivity index (χ4v) is 2.06. The summed E-state index contributed by atoms with van der Waals surface area (Å²) in [6, 6.07) is 17.3. The van der Waals surface area contributed by atoms with Gasteiger partial charge in [-0.1, -0.05) is 5.16 Å². The molecule has 0 saturated carbocycles. The van der Waals surface area contributed by atoms with Crippen LogP contribution in [-0.2, 0) is 0 Å². The first-order valence-corrected chi connectivity index (χ1v) is 6.56. The SMILES string of the molecule is COc1ccc(-c2cc(-c3ccc(OC)cc3)on2)cc1. The Labute approximate surface area is 122 Å². The molecule has 0 saturated heterocycles. The van der Waals surface area contributed by atoms with Crippen LogP contribution in [0.25, 0.3) is 22.6 Å². The molecule has 0 N–H and O–H groups in total. The molecular weight excluding hydrogens is 266 g/mol. The second-order valence-electron chi connectivity index (χ2n) is 4.53. The maximum absolute atomic E-state index is 5.41. The van der Waals surface area contributed by atoms with Gasteiger partial charge in [-0.15, -0.1) is 0 Å². The summed E-state index contributed by atoms with van der Waals surface area (Å²) in [5.41, 5.74) is 2.74. The smallest absolute Gasteiger partial charge is 0.167 e. The van der Waals surface area contributed by atoms with E-state index >= 15 is 0 Å². The summed E-state index contributed by atoms with van der Waals surface area (Å²) in [4.78, 5) is 0. The van der Waals surface area contributed by atoms with Gasteiger partial charge in [0.15, 0.2) is 5.76 Å². The second-order valence-corrected chi connectivity index (χ2v) is 4.53. The summed E-state index contributed by atoms with van der Waals surface area (Å²) in [6.07, 6.45) is 0. The van der Waals surface area contributed by atoms with Crippen molar-refractivity contribution in [3.8, 4) is 34.1 Å². The number of methoxy groups -OCH3 is 2. The van der Waals surface area contributed by atoms with E-state index in [0.29, 0.717) is 0 Å². The summed E-state index contributed by atoms with van der Waals surface area (Å²) in [6.45, 7) is 0. The summed E-state index contributed by atoms with van der Waals surface area (Å²) in [5.74, 6) is 2.36. The van der Waals surface area contributed by atoms with Gasteiger partial charge in [-0.05, 0) is 48.5 Å². The molecule has 3 aromatic rings. The Morgan fingerprint density at radius 3 is 1.81 bits per heavy atom. The third kappa shape index (κ3) is 2.74. The Balaban J connectivity index is 1.87. The Hall–Kier alpha value is -2.75. The highest BCUT2D eigenvalue weighted by molar-refractivity contribution is 5.67. The van der Waals surface area contributed by atoms with Crippen molar-refractivity contribution in [3.05, 3.63) is 54.6 Å². The maximum Gasteiger partial charge on any atom is 0.167 e. The molecule has 4 heteroatoms. The monoisotopic (exact) mass is 281 g/mol. The molecule has 0 fully saturated rings. The van der Waals surface area contributed by atoms with E-state index < -0.39 is 0 Å². The molecule has 0 radical (unpaired) electrons. The number of nitrogens with zero attached hydrogens (tertiary/aromatic N) is 1. The molecule has 0 aliphatic heterocycles. The van der Waals surface area contributed by atoms with Crippen LogP contribution in [0.1, 0.15) is 0 Å². The average Bonchev–Trinajstić information content (AvgIpc) is 3.05. The minimum absolute atomic E-state index is 0.725. The molecule has 0 unspecified atom stereocenters. The van der Waals surface area contributed by atoms with Gasteiger partial charge in [0.05, 0.1) is 14.2 Å². The molecule has 2 aromatic carbocycles. The summed E-state index contributed by atoms with van der Waals surface area (Å²) >= 11 is 0. The van der Waals surface area contributed by atoms with E-state index in [1.807, 2.05) is 54.6 Å². The van der Waals surface area contributed by atoms with Gasteiger partial charge in [0.25, 0.3) is 0 Å². The van der Waals surface area contributed by atoms with Crippen molar-refractivity contribution in [2.45, 2.75) is 0 Å². The highest BCUT2D eigenvalue weighted by atomic mass is 16.5. The van der Waals surface area contributed by atoms with Crippen LogP contribution in [0.3, 0.4) is 0 Å². The molecule has 0 atom stereocenters. The van der Waals surface area contributed by atoms with E-state index in [1.165, 1.54) is 0 Å². The van der Waals surface area contributed by atoms with Crippen molar-refractivity contribution < 1.29 is 14.0 Å². The normalized spacial score (nSPS) is 10.4. The van der Waals surface area contributed by atoms with Gasteiger partial charge in [-0.3, -0.25) is 0 Å². The predicted octanol–water partition coefficient (Wildman–Crippen LogP) is 4.03. The van der Waals surface area contributed by atoms with Crippen molar-refractivity contribution in [3.63, 3.8) is 0 Å². The van der Waals surface area contributed by atoms with Crippen LogP contribution in [0.15, 0.2) is 59.1 Å². The van der Waals surface area contributed by atoms with Crippen LogP contribution in [-0.4, -0.2) is 19.4 Å². The first-order valence-electron chi connectivity index (χ1n) is 6.56. The van der Waals surface area contributed by atoms with Crippen molar-refractivity contribution >= 4 is 0 Å². The number of hydrogen-bond donors (Lipinski definition) is 0. The van der Waals surface area contributed by atoms with Crippen LogP contribution in [0, 0.1) is 0 Å². The van der Waals surface area contributed by atoms with Gasteiger partial charge < -0.3 is 14.0 Å². The molecule has 0 aliphatic carbocycles. The fourth-order valence-electron chi connectivity index (χ4n) is 2.06. The van der Waals surface area contributed by atoms with Gasteiger partial charge in [-0.25, -0.2) is 0 Å². The van der Waals surface area contributed by atoms with Crippen molar-refractivity contribution in [2.75, 3.05) is 14.2 Å². The van der Waals surface area contributed by atoms with Gasteiger partial charge in [-0.2, -0.15) is 0 Å². The summed E-state index contributed by atoms with van der Waals surface area (Å²) < 4.78 is 15.7. The number of ether oxygens (including phenoxy) is 2. The number of benzene rings is 2. The van der Waals surface area contributed by atoms with E-state index in [2.05, 4.69) is 5.16 Å². The molecular formula is C17H15NO3. The molecule has 1 heterocycles. The topological polar surface area (TPSA) is 44.5 Å². The molecule has 0 aliphatic rings. The minimum Gasteiger partial charge on any atom is -0.497 e. The lowest BCUT2D eigenvalue weighted by atomic mass is 10.1.